The molecule has 2 amide bonds. The third kappa shape index (κ3) is 3.10. The highest BCUT2D eigenvalue weighted by Gasteiger charge is 2.42. The third-order valence-corrected chi connectivity index (χ3v) is 8.29. The normalized spacial score (nSPS) is 20.9. The van der Waals surface area contributed by atoms with E-state index in [4.69, 9.17) is 0 Å². The van der Waals surface area contributed by atoms with E-state index in [1.165, 1.54) is 0 Å². The van der Waals surface area contributed by atoms with Crippen LogP contribution in [-0.2, 0) is 13.1 Å². The maximum absolute atomic E-state index is 15.1. The number of imidazole rings is 1. The standard InChI is InChI=1S/C28H26FN7O/c29-18-7-17-14-34(28(37)36-15-19-9-20(36)10-31-19)6-5-33-16-24(21(8-18)27(17)33)22-11-30-12-23(22)25-13-32-26-3-1-2-4-35(25)26/h1-4,7-8,11-13,16,19-20,30-31H,5-6,9-10,14-15H2/t19-,20-/m1/s1. The molecule has 2 fully saturated rings. The van der Waals surface area contributed by atoms with Crippen molar-refractivity contribution in [2.75, 3.05) is 19.6 Å². The lowest BCUT2D eigenvalue weighted by Gasteiger charge is -2.33. The summed E-state index contributed by atoms with van der Waals surface area (Å²) in [6, 6.07) is 9.89. The zero-order chi connectivity index (χ0) is 24.7. The number of urea groups is 1. The molecule has 186 valence electrons. The van der Waals surface area contributed by atoms with E-state index in [1.807, 2.05) is 52.8 Å². The van der Waals surface area contributed by atoms with E-state index < -0.39 is 0 Å². The molecule has 2 bridgehead atoms. The monoisotopic (exact) mass is 495 g/mol. The average Bonchev–Trinajstić information content (AvgIpc) is 3.72. The number of halogens is 1. The van der Waals surface area contributed by atoms with Crippen molar-refractivity contribution in [1.82, 2.24) is 34.1 Å². The maximum Gasteiger partial charge on any atom is 0.320 e. The molecule has 3 aliphatic rings. The molecule has 1 aromatic carbocycles. The molecule has 8 nitrogen and oxygen atoms in total. The first kappa shape index (κ1) is 21.0. The summed E-state index contributed by atoms with van der Waals surface area (Å²) in [4.78, 5) is 25.2. The highest BCUT2D eigenvalue weighted by molar-refractivity contribution is 6.01. The molecule has 4 aromatic heterocycles. The summed E-state index contributed by atoms with van der Waals surface area (Å²) in [6.45, 7) is 3.28. The number of rotatable bonds is 2. The van der Waals surface area contributed by atoms with Gasteiger partial charge in [0.05, 0.1) is 17.4 Å². The topological polar surface area (TPSA) is 73.6 Å². The molecule has 0 saturated carbocycles. The number of nitrogens with zero attached hydrogens (tertiary/aromatic N) is 5. The summed E-state index contributed by atoms with van der Waals surface area (Å²) in [7, 11) is 0. The Morgan fingerprint density at radius 1 is 1.11 bits per heavy atom. The Balaban J connectivity index is 1.21. The Morgan fingerprint density at radius 2 is 2.03 bits per heavy atom. The van der Waals surface area contributed by atoms with E-state index in [0.717, 1.165) is 64.0 Å². The first-order chi connectivity index (χ1) is 18.1. The Labute approximate surface area is 212 Å². The molecule has 0 unspecified atom stereocenters. The molecule has 0 aliphatic carbocycles. The highest BCUT2D eigenvalue weighted by atomic mass is 19.1. The van der Waals surface area contributed by atoms with Crippen molar-refractivity contribution in [1.29, 1.82) is 0 Å². The summed E-state index contributed by atoms with van der Waals surface area (Å²) in [5.41, 5.74) is 6.68. The summed E-state index contributed by atoms with van der Waals surface area (Å²) >= 11 is 0. The number of fused-ring (bicyclic) bond motifs is 3. The number of benzene rings is 1. The lowest BCUT2D eigenvalue weighted by molar-refractivity contribution is 0.139. The zero-order valence-electron chi connectivity index (χ0n) is 20.2. The molecule has 7 heterocycles. The summed E-state index contributed by atoms with van der Waals surface area (Å²) in [6.07, 6.45) is 11.0. The fraction of sp³-hybridized carbons (Fsp3) is 0.286. The first-order valence-corrected chi connectivity index (χ1v) is 12.8. The van der Waals surface area contributed by atoms with Gasteiger partial charge in [0.2, 0.25) is 0 Å². The van der Waals surface area contributed by atoms with Gasteiger partial charge in [0, 0.05) is 91.7 Å². The lowest BCUT2D eigenvalue weighted by atomic mass is 10.0. The van der Waals surface area contributed by atoms with Crippen molar-refractivity contribution >= 4 is 22.6 Å². The van der Waals surface area contributed by atoms with Gasteiger partial charge in [-0.2, -0.15) is 0 Å². The van der Waals surface area contributed by atoms with Crippen LogP contribution in [0.25, 0.3) is 38.9 Å². The predicted molar refractivity (Wildman–Crippen MR) is 139 cm³/mol. The molecule has 2 N–H and O–H groups in total. The Bertz CT molecular complexity index is 1700. The molecule has 2 atom stereocenters. The summed E-state index contributed by atoms with van der Waals surface area (Å²) in [5.74, 6) is -0.285. The van der Waals surface area contributed by atoms with Crippen LogP contribution >= 0.6 is 0 Å². The van der Waals surface area contributed by atoms with Crippen LogP contribution in [0.1, 0.15) is 12.0 Å². The van der Waals surface area contributed by atoms with Crippen LogP contribution < -0.4 is 5.32 Å². The second-order valence-corrected chi connectivity index (χ2v) is 10.4. The molecule has 0 spiro atoms. The van der Waals surface area contributed by atoms with E-state index in [-0.39, 0.29) is 17.9 Å². The van der Waals surface area contributed by atoms with E-state index in [0.29, 0.717) is 25.7 Å². The number of piperazine rings is 1. The van der Waals surface area contributed by atoms with Gasteiger partial charge in [0.25, 0.3) is 0 Å². The van der Waals surface area contributed by atoms with Crippen LogP contribution in [0, 0.1) is 5.82 Å². The van der Waals surface area contributed by atoms with Crippen molar-refractivity contribution in [2.45, 2.75) is 31.6 Å². The molecule has 9 heteroatoms. The molecular weight excluding hydrogens is 469 g/mol. The quantitative estimate of drug-likeness (QED) is 0.388. The van der Waals surface area contributed by atoms with E-state index in [9.17, 15) is 4.79 Å². The van der Waals surface area contributed by atoms with Crippen molar-refractivity contribution < 1.29 is 9.18 Å². The second-order valence-electron chi connectivity index (χ2n) is 10.4. The molecule has 2 saturated heterocycles. The van der Waals surface area contributed by atoms with Crippen molar-refractivity contribution in [3.8, 4) is 22.4 Å². The number of pyridine rings is 1. The number of hydrogen-bond donors (Lipinski definition) is 2. The highest BCUT2D eigenvalue weighted by Crippen LogP contribution is 2.40. The van der Waals surface area contributed by atoms with Crippen LogP contribution in [0.5, 0.6) is 0 Å². The van der Waals surface area contributed by atoms with Gasteiger partial charge in [-0.1, -0.05) is 6.07 Å². The minimum absolute atomic E-state index is 0.0675. The van der Waals surface area contributed by atoms with Gasteiger partial charge in [0.15, 0.2) is 0 Å². The molecule has 3 aliphatic heterocycles. The number of H-pyrrole nitrogens is 1. The molecule has 0 radical (unpaired) electrons. The minimum Gasteiger partial charge on any atom is -0.366 e. The second kappa shape index (κ2) is 7.69. The minimum atomic E-state index is -0.285. The zero-order valence-corrected chi connectivity index (χ0v) is 20.2. The molecular formula is C28H26FN7O. The number of amides is 2. The van der Waals surface area contributed by atoms with E-state index in [2.05, 4.69) is 30.4 Å². The van der Waals surface area contributed by atoms with Gasteiger partial charge in [-0.15, -0.1) is 0 Å². The Morgan fingerprint density at radius 3 is 2.89 bits per heavy atom. The van der Waals surface area contributed by atoms with Gasteiger partial charge in [0.1, 0.15) is 11.5 Å². The van der Waals surface area contributed by atoms with Crippen LogP contribution in [0.2, 0.25) is 0 Å². The van der Waals surface area contributed by atoms with Crippen molar-refractivity contribution in [2.24, 2.45) is 0 Å². The van der Waals surface area contributed by atoms with Gasteiger partial charge >= 0.3 is 6.03 Å². The Hall–Kier alpha value is -4.11. The van der Waals surface area contributed by atoms with Crippen LogP contribution in [0.15, 0.2) is 61.3 Å². The number of nitrogens with one attached hydrogen (secondary N) is 2. The fourth-order valence-electron chi connectivity index (χ4n) is 6.59. The largest absolute Gasteiger partial charge is 0.366 e. The van der Waals surface area contributed by atoms with Gasteiger partial charge in [-0.05, 0) is 36.2 Å². The van der Waals surface area contributed by atoms with E-state index in [1.54, 1.807) is 12.1 Å². The van der Waals surface area contributed by atoms with Crippen LogP contribution in [-0.4, -0.2) is 66.5 Å². The van der Waals surface area contributed by atoms with Gasteiger partial charge in [-0.3, -0.25) is 4.40 Å². The smallest absolute Gasteiger partial charge is 0.320 e. The Kier molecular flexibility index (Phi) is 4.37. The number of aromatic amines is 1. The SMILES string of the molecule is O=C(N1CCn2cc(-c3c[nH]cc3-c3cnc4ccccn34)c3cc(F)cc(c32)C1)N1C[C@H]2C[C@@H]1CN2. The fourth-order valence-corrected chi connectivity index (χ4v) is 6.59. The van der Waals surface area contributed by atoms with Crippen molar-refractivity contribution in [3.05, 3.63) is 72.7 Å². The van der Waals surface area contributed by atoms with Gasteiger partial charge in [-0.25, -0.2) is 14.2 Å². The first-order valence-electron chi connectivity index (χ1n) is 12.8. The molecule has 8 rings (SSSR count). The van der Waals surface area contributed by atoms with Crippen molar-refractivity contribution in [3.63, 3.8) is 0 Å². The number of carbonyl (C=O) groups is 1. The summed E-state index contributed by atoms with van der Waals surface area (Å²) in [5, 5.41) is 4.32. The number of hydrogen-bond acceptors (Lipinski definition) is 3. The summed E-state index contributed by atoms with van der Waals surface area (Å²) < 4.78 is 19.3. The van der Waals surface area contributed by atoms with E-state index >= 15 is 4.39 Å². The van der Waals surface area contributed by atoms with Crippen LogP contribution in [0.4, 0.5) is 9.18 Å². The third-order valence-electron chi connectivity index (χ3n) is 8.29. The average molecular weight is 496 g/mol. The maximum atomic E-state index is 15.1. The number of likely N-dealkylation sites (tertiary alicyclic amines) is 1. The van der Waals surface area contributed by atoms with Crippen LogP contribution in [0.3, 0.4) is 0 Å². The predicted octanol–water partition coefficient (Wildman–Crippen LogP) is 4.07. The molecule has 5 aromatic rings. The lowest BCUT2D eigenvalue weighted by Crippen LogP contribution is -2.51. The molecule has 37 heavy (non-hydrogen) atoms. The van der Waals surface area contributed by atoms with Gasteiger partial charge < -0.3 is 24.7 Å². The number of aromatic nitrogens is 4. The number of carbonyl (C=O) groups excluding carboxylic acids is 1.